The molecule has 0 aromatic rings. The Morgan fingerprint density at radius 1 is 1.38 bits per heavy atom. The van der Waals surface area contributed by atoms with E-state index in [0.717, 1.165) is 25.0 Å². The average molecular weight is 357 g/mol. The van der Waals surface area contributed by atoms with E-state index in [1.54, 1.807) is 7.05 Å². The molecule has 0 aromatic carbocycles. The SMILES string of the molecule is C/N=C1\C=CC2C(=C1)CC[C@@H]1[C@@H]2C(=O)C[C@@]2(C)[C@H]1CC[C@]2(O)C(=O)CO. The number of fused-ring (bicyclic) bond motifs is 5. The second kappa shape index (κ2) is 5.96. The number of hydrogen-bond donors (Lipinski definition) is 2. The lowest BCUT2D eigenvalue weighted by Gasteiger charge is -2.53. The number of aliphatic imine (C=N–C) groups is 1. The van der Waals surface area contributed by atoms with Crippen molar-refractivity contribution < 1.29 is 19.8 Å². The number of carbonyl (C=O) groups is 2. The minimum absolute atomic E-state index is 0.0608. The Balaban J connectivity index is 1.70. The Hall–Kier alpha value is -1.59. The van der Waals surface area contributed by atoms with Crippen LogP contribution in [0.4, 0.5) is 0 Å². The first-order valence-electron chi connectivity index (χ1n) is 9.60. The number of aliphatic hydroxyl groups excluding tert-OH is 1. The highest BCUT2D eigenvalue weighted by atomic mass is 16.3. The predicted molar refractivity (Wildman–Crippen MR) is 97.8 cm³/mol. The molecule has 0 heterocycles. The number of aliphatic hydroxyl groups is 2. The van der Waals surface area contributed by atoms with E-state index in [0.29, 0.717) is 6.42 Å². The van der Waals surface area contributed by atoms with Crippen LogP contribution in [-0.2, 0) is 9.59 Å². The van der Waals surface area contributed by atoms with E-state index in [1.165, 1.54) is 5.57 Å². The molecule has 140 valence electrons. The Bertz CT molecular complexity index is 751. The number of Topliss-reactive ketones (excluding diaryl/α,β-unsaturated/α-hetero) is 2. The van der Waals surface area contributed by atoms with Gasteiger partial charge in [0.15, 0.2) is 5.78 Å². The van der Waals surface area contributed by atoms with E-state index in [9.17, 15) is 19.8 Å². The number of hydrogen-bond acceptors (Lipinski definition) is 5. The third-order valence-electron chi connectivity index (χ3n) is 7.72. The van der Waals surface area contributed by atoms with E-state index in [2.05, 4.69) is 17.1 Å². The van der Waals surface area contributed by atoms with Crippen LogP contribution in [0.5, 0.6) is 0 Å². The smallest absolute Gasteiger partial charge is 0.190 e. The fourth-order valence-electron chi connectivity index (χ4n) is 6.37. The molecule has 6 atom stereocenters. The molecule has 3 saturated carbocycles. The number of nitrogens with zero attached hydrogens (tertiary/aromatic N) is 1. The first kappa shape index (κ1) is 17.8. The summed E-state index contributed by atoms with van der Waals surface area (Å²) in [5, 5.41) is 20.5. The van der Waals surface area contributed by atoms with Crippen molar-refractivity contribution in [2.45, 2.75) is 44.6 Å². The molecule has 3 fully saturated rings. The first-order chi connectivity index (χ1) is 12.4. The van der Waals surface area contributed by atoms with Crippen molar-refractivity contribution in [1.82, 2.24) is 0 Å². The molecular weight excluding hydrogens is 330 g/mol. The molecule has 5 heteroatoms. The summed E-state index contributed by atoms with van der Waals surface area (Å²) in [5.74, 6) is 0.00637. The van der Waals surface area contributed by atoms with E-state index < -0.39 is 23.4 Å². The van der Waals surface area contributed by atoms with Gasteiger partial charge in [0, 0.05) is 30.7 Å². The Morgan fingerprint density at radius 3 is 2.85 bits per heavy atom. The summed E-state index contributed by atoms with van der Waals surface area (Å²) in [6.07, 6.45) is 9.38. The fraction of sp³-hybridized carbons (Fsp3) is 0.667. The molecule has 4 rings (SSSR count). The molecule has 4 aliphatic rings. The number of ketones is 2. The molecule has 0 aromatic heterocycles. The average Bonchev–Trinajstić information content (AvgIpc) is 2.91. The number of carbonyl (C=O) groups excluding carboxylic acids is 2. The highest BCUT2D eigenvalue weighted by Crippen LogP contribution is 2.63. The molecule has 26 heavy (non-hydrogen) atoms. The van der Waals surface area contributed by atoms with Gasteiger partial charge in [-0.25, -0.2) is 0 Å². The Labute approximate surface area is 153 Å². The molecule has 0 saturated heterocycles. The minimum atomic E-state index is -1.58. The number of rotatable bonds is 2. The van der Waals surface area contributed by atoms with Crippen molar-refractivity contribution in [3.05, 3.63) is 23.8 Å². The lowest BCUT2D eigenvalue weighted by Crippen LogP contribution is -2.59. The van der Waals surface area contributed by atoms with Crippen LogP contribution >= 0.6 is 0 Å². The van der Waals surface area contributed by atoms with Crippen molar-refractivity contribution >= 4 is 17.3 Å². The Kier molecular flexibility index (Phi) is 4.08. The quantitative estimate of drug-likeness (QED) is 0.790. The maximum absolute atomic E-state index is 13.2. The van der Waals surface area contributed by atoms with Crippen LogP contribution in [0.15, 0.2) is 28.8 Å². The Morgan fingerprint density at radius 2 is 2.15 bits per heavy atom. The summed E-state index contributed by atoms with van der Waals surface area (Å²) in [6, 6.07) is 0. The van der Waals surface area contributed by atoms with Gasteiger partial charge in [0.1, 0.15) is 18.0 Å². The zero-order chi connectivity index (χ0) is 18.7. The van der Waals surface area contributed by atoms with E-state index >= 15 is 0 Å². The van der Waals surface area contributed by atoms with Gasteiger partial charge < -0.3 is 10.2 Å². The van der Waals surface area contributed by atoms with Crippen LogP contribution in [0.3, 0.4) is 0 Å². The van der Waals surface area contributed by atoms with Gasteiger partial charge in [-0.15, -0.1) is 0 Å². The maximum atomic E-state index is 13.2. The van der Waals surface area contributed by atoms with E-state index in [4.69, 9.17) is 0 Å². The van der Waals surface area contributed by atoms with E-state index in [-0.39, 0.29) is 35.9 Å². The molecule has 0 bridgehead atoms. The van der Waals surface area contributed by atoms with Crippen LogP contribution in [0, 0.1) is 29.1 Å². The predicted octanol–water partition coefficient (Wildman–Crippen LogP) is 1.88. The van der Waals surface area contributed by atoms with Crippen molar-refractivity contribution in [3.8, 4) is 0 Å². The van der Waals surface area contributed by atoms with Crippen molar-refractivity contribution in [1.29, 1.82) is 0 Å². The van der Waals surface area contributed by atoms with Crippen molar-refractivity contribution in [2.75, 3.05) is 13.7 Å². The molecule has 5 nitrogen and oxygen atoms in total. The summed E-state index contributed by atoms with van der Waals surface area (Å²) in [4.78, 5) is 29.8. The highest BCUT2D eigenvalue weighted by Gasteiger charge is 2.66. The molecule has 0 radical (unpaired) electrons. The molecular formula is C21H27NO4. The van der Waals surface area contributed by atoms with Crippen molar-refractivity contribution in [3.63, 3.8) is 0 Å². The summed E-state index contributed by atoms with van der Waals surface area (Å²) in [5.41, 5.74) is -0.105. The summed E-state index contributed by atoms with van der Waals surface area (Å²) in [6.45, 7) is 1.22. The summed E-state index contributed by atoms with van der Waals surface area (Å²) < 4.78 is 0. The van der Waals surface area contributed by atoms with Crippen LogP contribution in [0.25, 0.3) is 0 Å². The van der Waals surface area contributed by atoms with E-state index in [1.807, 2.05) is 13.0 Å². The lowest BCUT2D eigenvalue weighted by molar-refractivity contribution is -0.166. The highest BCUT2D eigenvalue weighted by molar-refractivity contribution is 6.05. The third-order valence-corrected chi connectivity index (χ3v) is 7.72. The second-order valence-electron chi connectivity index (χ2n) is 8.63. The van der Waals surface area contributed by atoms with Gasteiger partial charge in [0.05, 0.1) is 5.71 Å². The van der Waals surface area contributed by atoms with Crippen molar-refractivity contribution in [2.24, 2.45) is 34.1 Å². The standard InChI is InChI=1S/C21H27NO4/c1-20-10-17(24)19-14-6-4-13(22-2)9-12(14)3-5-15(19)16(20)7-8-21(20,26)18(25)11-23/h4,6,9,14-16,19,23,26H,3,5,7-8,10-11H2,1-2H3/b22-13+/t14?,15-,16-,19+,20-,21-/m0/s1. The molecule has 0 amide bonds. The maximum Gasteiger partial charge on any atom is 0.190 e. The number of allylic oxidation sites excluding steroid dienone is 4. The van der Waals surface area contributed by atoms with Gasteiger partial charge in [-0.05, 0) is 49.7 Å². The van der Waals surface area contributed by atoms with Crippen LogP contribution in [0.2, 0.25) is 0 Å². The molecule has 4 aliphatic carbocycles. The monoisotopic (exact) mass is 357 g/mol. The topological polar surface area (TPSA) is 87.0 Å². The van der Waals surface area contributed by atoms with Gasteiger partial charge in [-0.1, -0.05) is 18.6 Å². The fourth-order valence-corrected chi connectivity index (χ4v) is 6.37. The molecule has 0 aliphatic heterocycles. The molecule has 2 N–H and O–H groups in total. The van der Waals surface area contributed by atoms with Crippen LogP contribution in [-0.4, -0.2) is 46.7 Å². The largest absolute Gasteiger partial charge is 0.388 e. The second-order valence-corrected chi connectivity index (χ2v) is 8.63. The normalized spacial score (nSPS) is 45.8. The van der Waals surface area contributed by atoms with Gasteiger partial charge in [0.2, 0.25) is 0 Å². The van der Waals surface area contributed by atoms with Gasteiger partial charge in [-0.2, -0.15) is 0 Å². The van der Waals surface area contributed by atoms with Gasteiger partial charge in [-0.3, -0.25) is 14.6 Å². The van der Waals surface area contributed by atoms with Crippen LogP contribution < -0.4 is 0 Å². The summed E-state index contributed by atoms with van der Waals surface area (Å²) in [7, 11) is 1.78. The van der Waals surface area contributed by atoms with Gasteiger partial charge >= 0.3 is 0 Å². The van der Waals surface area contributed by atoms with Gasteiger partial charge in [0.25, 0.3) is 0 Å². The third kappa shape index (κ3) is 2.20. The van der Waals surface area contributed by atoms with Crippen LogP contribution in [0.1, 0.15) is 39.0 Å². The lowest BCUT2D eigenvalue weighted by atomic mass is 9.50. The zero-order valence-corrected chi connectivity index (χ0v) is 15.4. The zero-order valence-electron chi connectivity index (χ0n) is 15.4. The minimum Gasteiger partial charge on any atom is -0.388 e. The molecule has 1 unspecified atom stereocenters. The summed E-state index contributed by atoms with van der Waals surface area (Å²) >= 11 is 0. The first-order valence-corrected chi connectivity index (χ1v) is 9.60. The molecule has 0 spiro atoms.